The highest BCUT2D eigenvalue weighted by Crippen LogP contribution is 2.48. The van der Waals surface area contributed by atoms with Crippen molar-refractivity contribution >= 4 is 87.5 Å². The first-order chi connectivity index (χ1) is 30.0. The molecule has 0 amide bonds. The number of halogens is 2. The number of fused-ring (bicyclic) bond motifs is 2. The van der Waals surface area contributed by atoms with E-state index in [0.717, 1.165) is 43.1 Å². The molecule has 0 bridgehead atoms. The molecule has 0 aliphatic heterocycles. The molecule has 0 spiro atoms. The van der Waals surface area contributed by atoms with Crippen molar-refractivity contribution in [3.8, 4) is 22.3 Å². The van der Waals surface area contributed by atoms with Crippen molar-refractivity contribution in [1.82, 2.24) is 0 Å². The summed E-state index contributed by atoms with van der Waals surface area (Å²) in [5, 5.41) is 4.78. The maximum Gasteiger partial charge on any atom is 0.0468 e. The summed E-state index contributed by atoms with van der Waals surface area (Å²) in [6, 6.07) is 67.6. The molecule has 62 heavy (non-hydrogen) atoms. The van der Waals surface area contributed by atoms with E-state index in [2.05, 4.69) is 265 Å². The summed E-state index contributed by atoms with van der Waals surface area (Å²) >= 11 is 7.47. The van der Waals surface area contributed by atoms with Crippen LogP contribution in [0.2, 0.25) is 0 Å². The summed E-state index contributed by atoms with van der Waals surface area (Å²) in [6.45, 7) is 13.3. The highest BCUT2D eigenvalue weighted by atomic mass is 79.9. The molecule has 0 aromatic heterocycles. The molecule has 0 saturated carbocycles. The second-order valence-electron chi connectivity index (χ2n) is 17.1. The Morgan fingerprint density at radius 2 is 0.613 bits per heavy atom. The Bertz CT molecular complexity index is 2790. The Morgan fingerprint density at radius 3 is 0.919 bits per heavy atom. The molecule has 0 radical (unpaired) electrons. The van der Waals surface area contributed by atoms with Gasteiger partial charge in [0.05, 0.1) is 0 Å². The van der Waals surface area contributed by atoms with Crippen LogP contribution in [0, 0.1) is 13.8 Å². The maximum absolute atomic E-state index is 3.74. The SMILES string of the molecule is Cc1ccc(N(c2ccc(C(C)C)cc2)c2ccc3c(-c4ccc(Br)cc4)c4cc(N(c5ccc(C)cc5)c5ccc(C(C)C)cc5)ccc4c(-c4ccc(Br)cc4)c3c2)cc1. The van der Waals surface area contributed by atoms with Crippen LogP contribution in [0.15, 0.2) is 191 Å². The number of hydrogen-bond donors (Lipinski definition) is 0. The lowest BCUT2D eigenvalue weighted by Crippen LogP contribution is -2.11. The van der Waals surface area contributed by atoms with E-state index in [0.29, 0.717) is 11.8 Å². The molecule has 0 fully saturated rings. The number of anilines is 6. The topological polar surface area (TPSA) is 6.48 Å². The largest absolute Gasteiger partial charge is 0.310 e. The van der Waals surface area contributed by atoms with Gasteiger partial charge in [-0.05, 0) is 178 Å². The monoisotopic (exact) mass is 932 g/mol. The summed E-state index contributed by atoms with van der Waals surface area (Å²) in [5.74, 6) is 0.900. The predicted octanol–water partition coefficient (Wildman–Crippen LogP) is 18.7. The zero-order valence-corrected chi connectivity index (χ0v) is 39.3. The van der Waals surface area contributed by atoms with E-state index >= 15 is 0 Å². The van der Waals surface area contributed by atoms with Crippen LogP contribution in [0.5, 0.6) is 0 Å². The molecule has 9 aromatic carbocycles. The van der Waals surface area contributed by atoms with Crippen LogP contribution in [0.25, 0.3) is 43.8 Å². The lowest BCUT2D eigenvalue weighted by molar-refractivity contribution is 0.866. The summed E-state index contributed by atoms with van der Waals surface area (Å²) < 4.78 is 2.11. The normalized spacial score (nSPS) is 11.5. The smallest absolute Gasteiger partial charge is 0.0468 e. The zero-order chi connectivity index (χ0) is 43.1. The van der Waals surface area contributed by atoms with Crippen LogP contribution in [0.4, 0.5) is 34.1 Å². The van der Waals surface area contributed by atoms with Crippen LogP contribution in [-0.2, 0) is 0 Å². The predicted molar refractivity (Wildman–Crippen MR) is 275 cm³/mol. The molecule has 0 N–H and O–H groups in total. The number of nitrogens with zero attached hydrogens (tertiary/aromatic N) is 2. The molecule has 4 heteroatoms. The van der Waals surface area contributed by atoms with Crippen molar-refractivity contribution in [3.63, 3.8) is 0 Å². The highest BCUT2D eigenvalue weighted by molar-refractivity contribution is 9.10. The second kappa shape index (κ2) is 17.4. The van der Waals surface area contributed by atoms with E-state index in [4.69, 9.17) is 0 Å². The van der Waals surface area contributed by atoms with Gasteiger partial charge in [0.15, 0.2) is 0 Å². The van der Waals surface area contributed by atoms with Crippen LogP contribution >= 0.6 is 31.9 Å². The van der Waals surface area contributed by atoms with Crippen LogP contribution in [0.1, 0.15) is 61.8 Å². The van der Waals surface area contributed by atoms with Gasteiger partial charge in [-0.2, -0.15) is 0 Å². The lowest BCUT2D eigenvalue weighted by atomic mass is 9.85. The first-order valence-corrected chi connectivity index (χ1v) is 23.1. The molecule has 0 unspecified atom stereocenters. The van der Waals surface area contributed by atoms with E-state index in [1.54, 1.807) is 0 Å². The standard InChI is InChI=1S/C58H50Br2N2/c1-37(2)41-15-27-49(28-16-41)61(47-23-7-39(5)8-24-47)51-31-33-53-55(35-51)57(43-11-19-45(59)20-12-43)54-34-32-52(36-56(54)58(53)44-13-21-46(60)22-14-44)62(48-25-9-40(6)10-26-48)50-29-17-42(18-30-50)38(3)4/h7-38H,1-6H3. The molecule has 0 saturated heterocycles. The first-order valence-electron chi connectivity index (χ1n) is 21.5. The molecule has 9 aromatic rings. The quantitative estimate of drug-likeness (QED) is 0.126. The second-order valence-corrected chi connectivity index (χ2v) is 18.9. The number of hydrogen-bond acceptors (Lipinski definition) is 2. The van der Waals surface area contributed by atoms with Gasteiger partial charge in [0.2, 0.25) is 0 Å². The number of benzene rings is 9. The van der Waals surface area contributed by atoms with Gasteiger partial charge in [0.1, 0.15) is 0 Å². The molecule has 0 aliphatic rings. The van der Waals surface area contributed by atoms with Gasteiger partial charge in [0, 0.05) is 43.1 Å². The fourth-order valence-corrected chi connectivity index (χ4v) is 9.16. The molecule has 0 aliphatic carbocycles. The Hall–Kier alpha value is -5.94. The average Bonchev–Trinajstić information content (AvgIpc) is 3.28. The number of rotatable bonds is 10. The fraction of sp³-hybridized carbons (Fsp3) is 0.138. The van der Waals surface area contributed by atoms with Crippen molar-refractivity contribution in [2.24, 2.45) is 0 Å². The van der Waals surface area contributed by atoms with Crippen molar-refractivity contribution in [1.29, 1.82) is 0 Å². The first kappa shape index (κ1) is 41.4. The van der Waals surface area contributed by atoms with Crippen molar-refractivity contribution in [2.45, 2.75) is 53.4 Å². The minimum atomic E-state index is 0.450. The third kappa shape index (κ3) is 8.22. The van der Waals surface area contributed by atoms with E-state index in [-0.39, 0.29) is 0 Å². The summed E-state index contributed by atoms with van der Waals surface area (Å²) in [4.78, 5) is 4.79. The van der Waals surface area contributed by atoms with Gasteiger partial charge in [-0.1, -0.05) is 156 Å². The lowest BCUT2D eigenvalue weighted by Gasteiger charge is -2.28. The van der Waals surface area contributed by atoms with Crippen molar-refractivity contribution in [3.05, 3.63) is 213 Å². The molecule has 2 nitrogen and oxygen atoms in total. The van der Waals surface area contributed by atoms with E-state index in [1.807, 2.05) is 0 Å². The van der Waals surface area contributed by atoms with Gasteiger partial charge in [-0.3, -0.25) is 0 Å². The van der Waals surface area contributed by atoms with Crippen LogP contribution in [0.3, 0.4) is 0 Å². The Labute approximate surface area is 383 Å². The van der Waals surface area contributed by atoms with Crippen LogP contribution in [-0.4, -0.2) is 0 Å². The molecule has 0 atom stereocenters. The fourth-order valence-electron chi connectivity index (χ4n) is 8.64. The minimum Gasteiger partial charge on any atom is -0.310 e. The third-order valence-corrected chi connectivity index (χ3v) is 13.1. The van der Waals surface area contributed by atoms with Crippen molar-refractivity contribution in [2.75, 3.05) is 9.80 Å². The maximum atomic E-state index is 3.74. The Kier molecular flexibility index (Phi) is 11.6. The van der Waals surface area contributed by atoms with Gasteiger partial charge in [0.25, 0.3) is 0 Å². The third-order valence-electron chi connectivity index (χ3n) is 12.1. The molecular weight excluding hydrogens is 884 g/mol. The van der Waals surface area contributed by atoms with Gasteiger partial charge < -0.3 is 9.80 Å². The summed E-state index contributed by atoms with van der Waals surface area (Å²) in [6.07, 6.45) is 0. The molecular formula is C58H50Br2N2. The van der Waals surface area contributed by atoms with Gasteiger partial charge in [-0.25, -0.2) is 0 Å². The van der Waals surface area contributed by atoms with Gasteiger partial charge in [-0.15, -0.1) is 0 Å². The summed E-state index contributed by atoms with van der Waals surface area (Å²) in [7, 11) is 0. The molecule has 306 valence electrons. The van der Waals surface area contributed by atoms with Gasteiger partial charge >= 0.3 is 0 Å². The number of aryl methyl sites for hydroxylation is 2. The van der Waals surface area contributed by atoms with E-state index in [1.165, 1.54) is 66.1 Å². The summed E-state index contributed by atoms with van der Waals surface area (Å²) in [5.41, 5.74) is 16.6. The highest BCUT2D eigenvalue weighted by Gasteiger charge is 2.22. The minimum absolute atomic E-state index is 0.450. The van der Waals surface area contributed by atoms with E-state index in [9.17, 15) is 0 Å². The van der Waals surface area contributed by atoms with E-state index < -0.39 is 0 Å². The van der Waals surface area contributed by atoms with Crippen molar-refractivity contribution < 1.29 is 0 Å². The molecule has 9 rings (SSSR count). The molecule has 0 heterocycles. The Morgan fingerprint density at radius 1 is 0.323 bits per heavy atom. The average molecular weight is 935 g/mol. The van der Waals surface area contributed by atoms with Crippen LogP contribution < -0.4 is 9.80 Å². The Balaban J connectivity index is 1.35. The zero-order valence-electron chi connectivity index (χ0n) is 36.1.